The van der Waals surface area contributed by atoms with E-state index >= 15 is 0 Å². The number of nitrogens with one attached hydrogen (secondary N) is 1. The van der Waals surface area contributed by atoms with Gasteiger partial charge in [0.1, 0.15) is 11.5 Å². The van der Waals surface area contributed by atoms with Gasteiger partial charge in [-0.1, -0.05) is 13.8 Å². The van der Waals surface area contributed by atoms with Gasteiger partial charge in [0.25, 0.3) is 11.6 Å². The van der Waals surface area contributed by atoms with Crippen LogP contribution in [0.3, 0.4) is 0 Å². The molecule has 1 amide bonds. The maximum absolute atomic E-state index is 12.1. The number of anilines is 1. The van der Waals surface area contributed by atoms with E-state index in [9.17, 15) is 19.7 Å². The Balaban J connectivity index is 1.90. The van der Waals surface area contributed by atoms with Crippen molar-refractivity contribution < 1.29 is 28.7 Å². The van der Waals surface area contributed by atoms with Crippen LogP contribution in [0.4, 0.5) is 11.4 Å². The first kappa shape index (κ1) is 21.7. The zero-order valence-electron chi connectivity index (χ0n) is 16.3. The summed E-state index contributed by atoms with van der Waals surface area (Å²) in [6, 6.07) is 10.2. The number of methoxy groups -OCH3 is 1. The predicted molar refractivity (Wildman–Crippen MR) is 105 cm³/mol. The monoisotopic (exact) mass is 402 g/mol. The van der Waals surface area contributed by atoms with E-state index in [-0.39, 0.29) is 22.7 Å². The minimum Gasteiger partial charge on any atom is -0.494 e. The van der Waals surface area contributed by atoms with Gasteiger partial charge in [-0.2, -0.15) is 0 Å². The molecule has 0 unspecified atom stereocenters. The molecule has 0 aliphatic heterocycles. The number of carbonyl (C=O) groups is 2. The van der Waals surface area contributed by atoms with Crippen molar-refractivity contribution in [3.63, 3.8) is 0 Å². The highest BCUT2D eigenvalue weighted by atomic mass is 16.6. The molecule has 0 spiro atoms. The summed E-state index contributed by atoms with van der Waals surface area (Å²) in [6.07, 6.45) is 0. The van der Waals surface area contributed by atoms with E-state index in [2.05, 4.69) is 5.32 Å². The van der Waals surface area contributed by atoms with Crippen molar-refractivity contribution in [1.82, 2.24) is 0 Å². The van der Waals surface area contributed by atoms with Gasteiger partial charge in [-0.25, -0.2) is 4.79 Å². The summed E-state index contributed by atoms with van der Waals surface area (Å²) in [5.41, 5.74) is 0.334. The molecule has 0 aliphatic carbocycles. The predicted octanol–water partition coefficient (Wildman–Crippen LogP) is 3.43. The van der Waals surface area contributed by atoms with Gasteiger partial charge < -0.3 is 19.5 Å². The highest BCUT2D eigenvalue weighted by Gasteiger charge is 2.15. The number of nitro benzene ring substituents is 1. The van der Waals surface area contributed by atoms with Gasteiger partial charge in [0.15, 0.2) is 6.61 Å². The maximum atomic E-state index is 12.1. The average Bonchev–Trinajstić information content (AvgIpc) is 2.70. The summed E-state index contributed by atoms with van der Waals surface area (Å²) in [6.45, 7) is 4.10. The molecule has 154 valence electrons. The van der Waals surface area contributed by atoms with E-state index < -0.39 is 23.4 Å². The Hall–Kier alpha value is -3.62. The second-order valence-electron chi connectivity index (χ2n) is 6.50. The minimum atomic E-state index is -0.661. The molecule has 2 aromatic carbocycles. The number of nitrogens with zero attached hydrogens (tertiary/aromatic N) is 1. The Morgan fingerprint density at radius 1 is 1.14 bits per heavy atom. The fourth-order valence-corrected chi connectivity index (χ4v) is 2.25. The molecule has 0 bridgehead atoms. The van der Waals surface area contributed by atoms with Crippen molar-refractivity contribution >= 4 is 23.3 Å². The smallest absolute Gasteiger partial charge is 0.338 e. The van der Waals surface area contributed by atoms with Crippen molar-refractivity contribution in [2.24, 2.45) is 5.92 Å². The Morgan fingerprint density at radius 2 is 1.83 bits per heavy atom. The van der Waals surface area contributed by atoms with Crippen LogP contribution in [0.15, 0.2) is 42.5 Å². The summed E-state index contributed by atoms with van der Waals surface area (Å²) in [7, 11) is 1.32. The molecule has 0 aromatic heterocycles. The minimum absolute atomic E-state index is 0.121. The molecule has 0 heterocycles. The Bertz CT molecular complexity index is 879. The summed E-state index contributed by atoms with van der Waals surface area (Å²) in [5, 5.41) is 13.3. The Labute approximate surface area is 167 Å². The summed E-state index contributed by atoms with van der Waals surface area (Å²) < 4.78 is 15.6. The Morgan fingerprint density at radius 3 is 2.41 bits per heavy atom. The highest BCUT2D eigenvalue weighted by molar-refractivity contribution is 5.96. The van der Waals surface area contributed by atoms with Crippen LogP contribution in [-0.2, 0) is 9.53 Å². The number of non-ortho nitro benzene ring substituents is 1. The number of hydrogen-bond donors (Lipinski definition) is 1. The van der Waals surface area contributed by atoms with Crippen LogP contribution < -0.4 is 14.8 Å². The van der Waals surface area contributed by atoms with Gasteiger partial charge >= 0.3 is 5.97 Å². The number of nitro groups is 1. The molecule has 0 atom stereocenters. The zero-order valence-corrected chi connectivity index (χ0v) is 16.3. The molecule has 0 fully saturated rings. The number of benzene rings is 2. The number of carbonyl (C=O) groups excluding carboxylic acids is 2. The van der Waals surface area contributed by atoms with Gasteiger partial charge in [-0.3, -0.25) is 14.9 Å². The first-order valence-corrected chi connectivity index (χ1v) is 8.82. The normalized spacial score (nSPS) is 10.3. The number of esters is 1. The largest absolute Gasteiger partial charge is 0.494 e. The van der Waals surface area contributed by atoms with Crippen molar-refractivity contribution in [1.29, 1.82) is 0 Å². The lowest BCUT2D eigenvalue weighted by Gasteiger charge is -2.11. The average molecular weight is 402 g/mol. The SMILES string of the molecule is COc1cc([N+](=O)[O-])ccc1NC(=O)COC(=O)c1ccc(OCC(C)C)cc1. The molecule has 2 rings (SSSR count). The second-order valence-corrected chi connectivity index (χ2v) is 6.50. The van der Waals surface area contributed by atoms with Crippen molar-refractivity contribution in [3.8, 4) is 11.5 Å². The van der Waals surface area contributed by atoms with Gasteiger partial charge in [0.2, 0.25) is 0 Å². The van der Waals surface area contributed by atoms with E-state index in [4.69, 9.17) is 14.2 Å². The molecule has 9 nitrogen and oxygen atoms in total. The number of rotatable bonds is 9. The molecule has 29 heavy (non-hydrogen) atoms. The molecule has 0 saturated carbocycles. The summed E-state index contributed by atoms with van der Waals surface area (Å²) in [5.74, 6) is -0.129. The first-order valence-electron chi connectivity index (χ1n) is 8.82. The van der Waals surface area contributed by atoms with Crippen LogP contribution >= 0.6 is 0 Å². The molecule has 1 N–H and O–H groups in total. The maximum Gasteiger partial charge on any atom is 0.338 e. The van der Waals surface area contributed by atoms with E-state index in [1.54, 1.807) is 24.3 Å². The molecular weight excluding hydrogens is 380 g/mol. The third-order valence-corrected chi connectivity index (χ3v) is 3.68. The Kier molecular flexibility index (Phi) is 7.53. The summed E-state index contributed by atoms with van der Waals surface area (Å²) in [4.78, 5) is 34.3. The van der Waals surface area contributed by atoms with Crippen LogP contribution in [0, 0.1) is 16.0 Å². The fourth-order valence-electron chi connectivity index (χ4n) is 2.25. The lowest BCUT2D eigenvalue weighted by atomic mass is 10.2. The highest BCUT2D eigenvalue weighted by Crippen LogP contribution is 2.28. The topological polar surface area (TPSA) is 117 Å². The van der Waals surface area contributed by atoms with E-state index in [0.717, 1.165) is 0 Å². The third kappa shape index (κ3) is 6.49. The van der Waals surface area contributed by atoms with Crippen LogP contribution in [0.5, 0.6) is 11.5 Å². The van der Waals surface area contributed by atoms with E-state index in [1.807, 2.05) is 13.8 Å². The number of ether oxygens (including phenoxy) is 3. The van der Waals surface area contributed by atoms with Gasteiger partial charge in [-0.15, -0.1) is 0 Å². The molecular formula is C20H22N2O7. The standard InChI is InChI=1S/C20H22N2O7/c1-13(2)11-28-16-7-4-14(5-8-16)20(24)29-12-19(23)21-17-9-6-15(22(25)26)10-18(17)27-3/h4-10,13H,11-12H2,1-3H3,(H,21,23). The molecule has 0 aliphatic rings. The van der Waals surface area contributed by atoms with Gasteiger partial charge in [0, 0.05) is 6.07 Å². The molecule has 0 radical (unpaired) electrons. The lowest BCUT2D eigenvalue weighted by molar-refractivity contribution is -0.384. The second kappa shape index (κ2) is 10.1. The first-order chi connectivity index (χ1) is 13.8. The van der Waals surface area contributed by atoms with Crippen LogP contribution in [0.25, 0.3) is 0 Å². The van der Waals surface area contributed by atoms with E-state index in [1.165, 1.54) is 25.3 Å². The lowest BCUT2D eigenvalue weighted by Crippen LogP contribution is -2.21. The van der Waals surface area contributed by atoms with Crippen LogP contribution in [-0.4, -0.2) is 37.1 Å². The molecule has 9 heteroatoms. The molecule has 2 aromatic rings. The van der Waals surface area contributed by atoms with Crippen molar-refractivity contribution in [2.45, 2.75) is 13.8 Å². The zero-order chi connectivity index (χ0) is 21.4. The third-order valence-electron chi connectivity index (χ3n) is 3.68. The fraction of sp³-hybridized carbons (Fsp3) is 0.300. The van der Waals surface area contributed by atoms with Crippen molar-refractivity contribution in [3.05, 3.63) is 58.1 Å². The van der Waals surface area contributed by atoms with Crippen LogP contribution in [0.1, 0.15) is 24.2 Å². The number of amides is 1. The van der Waals surface area contributed by atoms with Crippen LogP contribution in [0.2, 0.25) is 0 Å². The van der Waals surface area contributed by atoms with E-state index in [0.29, 0.717) is 18.3 Å². The summed E-state index contributed by atoms with van der Waals surface area (Å²) >= 11 is 0. The van der Waals surface area contributed by atoms with Gasteiger partial charge in [-0.05, 0) is 36.2 Å². The van der Waals surface area contributed by atoms with Gasteiger partial charge in [0.05, 0.1) is 36.0 Å². The molecule has 0 saturated heterocycles. The number of hydrogen-bond acceptors (Lipinski definition) is 7. The van der Waals surface area contributed by atoms with Crippen molar-refractivity contribution in [2.75, 3.05) is 25.6 Å². The quantitative estimate of drug-likeness (QED) is 0.388.